The molecule has 160 valence electrons. The Hall–Kier alpha value is -3.20. The van der Waals surface area contributed by atoms with Crippen LogP contribution in [-0.2, 0) is 0 Å². The average molecular weight is 416 g/mol. The number of ether oxygens (including phenoxy) is 2. The quantitative estimate of drug-likeness (QED) is 0.570. The summed E-state index contributed by atoms with van der Waals surface area (Å²) in [5, 5.41) is 25.9. The Balaban J connectivity index is 2.11. The second-order valence-corrected chi connectivity index (χ2v) is 8.07. The highest BCUT2D eigenvalue weighted by atomic mass is 16.6. The van der Waals surface area contributed by atoms with E-state index in [4.69, 9.17) is 9.47 Å². The smallest absolute Gasteiger partial charge is 0.279 e. The van der Waals surface area contributed by atoms with Gasteiger partial charge in [-0.2, -0.15) is 0 Å². The van der Waals surface area contributed by atoms with E-state index in [1.165, 1.54) is 0 Å². The van der Waals surface area contributed by atoms with E-state index in [1.54, 1.807) is 81.9 Å². The molecule has 4 atom stereocenters. The van der Waals surface area contributed by atoms with Crippen LogP contribution in [0.4, 0.5) is 0 Å². The summed E-state index contributed by atoms with van der Waals surface area (Å²) in [5.74, 6) is 1.28. The van der Waals surface area contributed by atoms with Gasteiger partial charge in [0.25, 0.3) is 12.1 Å². The third-order valence-electron chi connectivity index (χ3n) is 6.08. The molecule has 0 aromatic heterocycles. The molecule has 1 aliphatic heterocycles. The van der Waals surface area contributed by atoms with Crippen LogP contribution in [0.2, 0.25) is 0 Å². The molecule has 0 radical (unpaired) electrons. The lowest BCUT2D eigenvalue weighted by Gasteiger charge is -2.41. The molecule has 1 saturated heterocycles. The van der Waals surface area contributed by atoms with Crippen molar-refractivity contribution < 1.29 is 24.6 Å². The lowest BCUT2D eigenvalue weighted by atomic mass is 9.66. The number of benzene rings is 2. The van der Waals surface area contributed by atoms with Gasteiger partial charge in [0.2, 0.25) is 0 Å². The molecule has 1 heterocycles. The van der Waals surface area contributed by atoms with E-state index in [0.717, 1.165) is 11.1 Å². The molecule has 0 spiro atoms. The number of nitrogens with zero attached hydrogens (tertiary/aromatic N) is 2. The number of nitrogens with two attached hydrogens (primary N) is 1. The normalized spacial score (nSPS) is 25.3. The highest BCUT2D eigenvalue weighted by Crippen LogP contribution is 2.43. The minimum atomic E-state index is -1.20. The van der Waals surface area contributed by atoms with E-state index in [-0.39, 0.29) is 9.85 Å². The van der Waals surface area contributed by atoms with Gasteiger partial charge in [-0.05, 0) is 62.4 Å². The van der Waals surface area contributed by atoms with Crippen LogP contribution in [0.3, 0.4) is 0 Å². The molecule has 0 bridgehead atoms. The first-order chi connectivity index (χ1) is 14.2. The maximum Gasteiger partial charge on any atom is 0.279 e. The summed E-state index contributed by atoms with van der Waals surface area (Å²) in [4.78, 5) is 23.4. The summed E-state index contributed by atoms with van der Waals surface area (Å²) < 4.78 is 10.4. The Morgan fingerprint density at radius 3 is 1.37 bits per heavy atom. The summed E-state index contributed by atoms with van der Waals surface area (Å²) in [6.45, 7) is 3.24. The van der Waals surface area contributed by atoms with E-state index in [1.807, 2.05) is 0 Å². The number of piperidine rings is 1. The molecule has 9 heteroatoms. The number of rotatable bonds is 6. The molecule has 2 aromatic rings. The molecule has 3 rings (SSSR count). The molecule has 0 saturated carbocycles. The van der Waals surface area contributed by atoms with Crippen molar-refractivity contribution in [2.45, 2.75) is 38.0 Å². The minimum absolute atomic E-state index is 0.383. The van der Waals surface area contributed by atoms with Crippen LogP contribution in [0.15, 0.2) is 48.5 Å². The number of hydrogen-bond acceptors (Lipinski definition) is 6. The van der Waals surface area contributed by atoms with E-state index < -0.39 is 29.6 Å². The monoisotopic (exact) mass is 416 g/mol. The Morgan fingerprint density at radius 2 is 1.10 bits per heavy atom. The Kier molecular flexibility index (Phi) is 5.93. The minimum Gasteiger partial charge on any atom is -0.497 e. The fourth-order valence-electron chi connectivity index (χ4n) is 4.58. The highest BCUT2D eigenvalue weighted by molar-refractivity contribution is 5.32. The van der Waals surface area contributed by atoms with Crippen molar-refractivity contribution in [2.75, 3.05) is 14.2 Å². The predicted octanol–water partition coefficient (Wildman–Crippen LogP) is 2.38. The van der Waals surface area contributed by atoms with Gasteiger partial charge in [0.05, 0.1) is 14.2 Å². The lowest BCUT2D eigenvalue weighted by molar-refractivity contribution is -0.818. The first-order valence-corrected chi connectivity index (χ1v) is 9.60. The predicted molar refractivity (Wildman–Crippen MR) is 109 cm³/mol. The number of nitro groups is 2. The van der Waals surface area contributed by atoms with Crippen molar-refractivity contribution in [2.24, 2.45) is 5.41 Å². The molecule has 1 fully saturated rings. The van der Waals surface area contributed by atoms with Gasteiger partial charge in [0, 0.05) is 21.0 Å². The summed E-state index contributed by atoms with van der Waals surface area (Å²) >= 11 is 0. The van der Waals surface area contributed by atoms with Gasteiger partial charge in [-0.3, -0.25) is 20.2 Å². The maximum absolute atomic E-state index is 12.1. The van der Waals surface area contributed by atoms with Crippen LogP contribution >= 0.6 is 0 Å². The Labute approximate surface area is 174 Å². The first kappa shape index (κ1) is 21.5. The molecule has 0 unspecified atom stereocenters. The molecule has 2 N–H and O–H groups in total. The summed E-state index contributed by atoms with van der Waals surface area (Å²) in [6, 6.07) is 10.6. The first-order valence-electron chi connectivity index (χ1n) is 9.60. The molecule has 0 amide bonds. The summed E-state index contributed by atoms with van der Waals surface area (Å²) in [5.41, 5.74) is 0.258. The van der Waals surface area contributed by atoms with Gasteiger partial charge in [0.1, 0.15) is 16.9 Å². The van der Waals surface area contributed by atoms with Gasteiger partial charge in [-0.15, -0.1) is 0 Å². The lowest BCUT2D eigenvalue weighted by Crippen LogP contribution is -2.96. The third-order valence-corrected chi connectivity index (χ3v) is 6.08. The number of methoxy groups -OCH3 is 2. The number of hydrogen-bond donors (Lipinski definition) is 1. The van der Waals surface area contributed by atoms with Crippen molar-refractivity contribution in [3.05, 3.63) is 79.9 Å². The van der Waals surface area contributed by atoms with E-state index in [2.05, 4.69) is 0 Å². The second-order valence-electron chi connectivity index (χ2n) is 8.07. The molecule has 0 aliphatic carbocycles. The van der Waals surface area contributed by atoms with Crippen molar-refractivity contribution in [3.8, 4) is 11.5 Å². The molecular weight excluding hydrogens is 390 g/mol. The largest absolute Gasteiger partial charge is 0.497 e. The fraction of sp³-hybridized carbons (Fsp3) is 0.429. The summed E-state index contributed by atoms with van der Waals surface area (Å²) in [7, 11) is 3.10. The van der Waals surface area contributed by atoms with Crippen molar-refractivity contribution >= 4 is 0 Å². The zero-order valence-electron chi connectivity index (χ0n) is 17.3. The molecule has 1 aliphatic rings. The van der Waals surface area contributed by atoms with Gasteiger partial charge in [0.15, 0.2) is 12.1 Å². The van der Waals surface area contributed by atoms with Crippen molar-refractivity contribution in [3.63, 3.8) is 0 Å². The Morgan fingerprint density at radius 1 is 0.767 bits per heavy atom. The topological polar surface area (TPSA) is 121 Å². The van der Waals surface area contributed by atoms with Crippen LogP contribution in [0.1, 0.15) is 37.1 Å². The standard InChI is InChI=1S/C21H25N3O6/c1-21(2)19(23(25)26)17(13-5-9-15(29-3)10-6-13)22-18(20(21)24(27)28)14-7-11-16(30-4)12-8-14/h5-12,17-20,22H,1-4H3/p+1/t17-,18+,19-,20-/m1/s1. The van der Waals surface area contributed by atoms with Crippen molar-refractivity contribution in [1.29, 1.82) is 0 Å². The van der Waals surface area contributed by atoms with Crippen LogP contribution < -0.4 is 14.8 Å². The van der Waals surface area contributed by atoms with E-state index >= 15 is 0 Å². The van der Waals surface area contributed by atoms with Crippen LogP contribution in [0.5, 0.6) is 11.5 Å². The Bertz CT molecular complexity index is 840. The zero-order valence-corrected chi connectivity index (χ0v) is 17.3. The fourth-order valence-corrected chi connectivity index (χ4v) is 4.58. The third kappa shape index (κ3) is 3.80. The van der Waals surface area contributed by atoms with Crippen LogP contribution in [0, 0.1) is 25.6 Å². The average Bonchev–Trinajstić information content (AvgIpc) is 2.71. The van der Waals surface area contributed by atoms with Gasteiger partial charge in [-0.1, -0.05) is 0 Å². The number of quaternary nitrogens is 1. The van der Waals surface area contributed by atoms with E-state index in [0.29, 0.717) is 11.5 Å². The summed E-state index contributed by atoms with van der Waals surface area (Å²) in [6.07, 6.45) is 0. The van der Waals surface area contributed by atoms with Crippen LogP contribution in [0.25, 0.3) is 0 Å². The SMILES string of the molecule is COc1ccc([C@H]2[NH2+][C@@H](c3ccc(OC)cc3)[C@@H]([N+](=O)[O-])C(C)(C)[C@@H]2[N+](=O)[O-])cc1. The van der Waals surface area contributed by atoms with E-state index in [9.17, 15) is 20.2 Å². The molecule has 9 nitrogen and oxygen atoms in total. The van der Waals surface area contributed by atoms with Gasteiger partial charge in [-0.25, -0.2) is 0 Å². The molecular formula is C21H26N3O6+. The second kappa shape index (κ2) is 8.27. The van der Waals surface area contributed by atoms with Gasteiger partial charge >= 0.3 is 0 Å². The van der Waals surface area contributed by atoms with Gasteiger partial charge < -0.3 is 14.8 Å². The maximum atomic E-state index is 12.1. The molecule has 2 aromatic carbocycles. The highest BCUT2D eigenvalue weighted by Gasteiger charge is 2.65. The molecule has 30 heavy (non-hydrogen) atoms. The zero-order chi connectivity index (χ0) is 22.1. The van der Waals surface area contributed by atoms with Crippen molar-refractivity contribution in [1.82, 2.24) is 0 Å². The van der Waals surface area contributed by atoms with Crippen LogP contribution in [-0.4, -0.2) is 36.1 Å².